The topological polar surface area (TPSA) is 72.9 Å². The molecule has 0 N–H and O–H groups in total. The fraction of sp³-hybridized carbons (Fsp3) is 0.529. The van der Waals surface area contributed by atoms with Crippen LogP contribution in [0.15, 0.2) is 24.3 Å². The molecular formula is C17H24NO5P. The molecule has 2 unspecified atom stereocenters. The molecule has 0 bridgehead atoms. The van der Waals surface area contributed by atoms with Crippen molar-refractivity contribution in [1.29, 1.82) is 0 Å². The first-order valence-electron chi connectivity index (χ1n) is 7.92. The summed E-state index contributed by atoms with van der Waals surface area (Å²) in [6.45, 7) is 10.1. The molecular weight excluding hydrogens is 329 g/mol. The van der Waals surface area contributed by atoms with Gasteiger partial charge in [0, 0.05) is 0 Å². The number of benzene rings is 1. The van der Waals surface area contributed by atoms with Crippen molar-refractivity contribution >= 4 is 19.4 Å². The van der Waals surface area contributed by atoms with Gasteiger partial charge < -0.3 is 9.26 Å². The van der Waals surface area contributed by atoms with Crippen LogP contribution in [-0.2, 0) is 14.1 Å². The second-order valence-corrected chi connectivity index (χ2v) is 10.1. The Bertz CT molecular complexity index is 707. The van der Waals surface area contributed by atoms with Gasteiger partial charge in [0.15, 0.2) is 0 Å². The third-order valence-corrected chi connectivity index (χ3v) is 6.97. The van der Waals surface area contributed by atoms with Crippen molar-refractivity contribution in [2.75, 3.05) is 0 Å². The summed E-state index contributed by atoms with van der Waals surface area (Å²) in [7, 11) is -3.67. The number of esters is 1. The molecule has 1 heterocycles. The van der Waals surface area contributed by atoms with Gasteiger partial charge in [-0.05, 0) is 53.7 Å². The van der Waals surface area contributed by atoms with E-state index in [4.69, 9.17) is 9.26 Å². The standard InChI is InChI=1S/C17H24NO5P/c1-11(2)22-16(20)12(3)18-15(19)13-9-7-8-10-14(13)23-24(18,21)17(4,5)6/h7-12H,1-6H3. The Labute approximate surface area is 142 Å². The monoisotopic (exact) mass is 353 g/mol. The number of rotatable bonds is 3. The lowest BCUT2D eigenvalue weighted by atomic mass is 10.1. The molecule has 1 amide bonds. The molecule has 0 fully saturated rings. The third kappa shape index (κ3) is 3.07. The molecule has 1 aromatic rings. The second-order valence-electron chi connectivity index (χ2n) is 7.09. The highest BCUT2D eigenvalue weighted by Crippen LogP contribution is 2.64. The third-order valence-electron chi connectivity index (χ3n) is 3.74. The Balaban J connectivity index is 2.55. The maximum Gasteiger partial charge on any atom is 0.352 e. The minimum atomic E-state index is -3.67. The number of fused-ring (bicyclic) bond motifs is 1. The molecule has 24 heavy (non-hydrogen) atoms. The lowest BCUT2D eigenvalue weighted by Gasteiger charge is -2.44. The molecule has 7 heteroatoms. The van der Waals surface area contributed by atoms with Gasteiger partial charge in [-0.2, -0.15) is 0 Å². The van der Waals surface area contributed by atoms with Gasteiger partial charge in [0.2, 0.25) is 0 Å². The summed E-state index contributed by atoms with van der Waals surface area (Å²) in [6.07, 6.45) is -0.331. The number of hydrogen-bond donors (Lipinski definition) is 0. The van der Waals surface area contributed by atoms with Gasteiger partial charge in [-0.3, -0.25) is 9.36 Å². The van der Waals surface area contributed by atoms with Crippen LogP contribution in [0.2, 0.25) is 0 Å². The van der Waals surface area contributed by atoms with Crippen LogP contribution >= 0.6 is 7.52 Å². The van der Waals surface area contributed by atoms with Gasteiger partial charge in [-0.15, -0.1) is 0 Å². The summed E-state index contributed by atoms with van der Waals surface area (Å²) in [5.41, 5.74) is 0.289. The minimum absolute atomic E-state index is 0.279. The number of ether oxygens (including phenoxy) is 1. The highest BCUT2D eigenvalue weighted by atomic mass is 31.2. The largest absolute Gasteiger partial charge is 0.461 e. The average molecular weight is 353 g/mol. The minimum Gasteiger partial charge on any atom is -0.461 e. The number of hydrogen-bond acceptors (Lipinski definition) is 5. The molecule has 0 saturated heterocycles. The molecule has 132 valence electrons. The summed E-state index contributed by atoms with van der Waals surface area (Å²) >= 11 is 0. The van der Waals surface area contributed by atoms with E-state index in [0.29, 0.717) is 0 Å². The normalized spacial score (nSPS) is 22.0. The van der Waals surface area contributed by atoms with Crippen LogP contribution in [0.4, 0.5) is 0 Å². The molecule has 0 spiro atoms. The lowest BCUT2D eigenvalue weighted by molar-refractivity contribution is -0.151. The summed E-state index contributed by atoms with van der Waals surface area (Å²) in [6, 6.07) is 5.60. The average Bonchev–Trinajstić information content (AvgIpc) is 2.45. The van der Waals surface area contributed by atoms with E-state index in [-0.39, 0.29) is 17.4 Å². The van der Waals surface area contributed by atoms with Crippen molar-refractivity contribution < 1.29 is 23.4 Å². The highest BCUT2D eigenvalue weighted by molar-refractivity contribution is 7.59. The molecule has 0 saturated carbocycles. The van der Waals surface area contributed by atoms with Crippen LogP contribution in [0.1, 0.15) is 51.9 Å². The molecule has 0 radical (unpaired) electrons. The van der Waals surface area contributed by atoms with Crippen molar-refractivity contribution in [3.8, 4) is 5.75 Å². The van der Waals surface area contributed by atoms with E-state index < -0.39 is 30.6 Å². The van der Waals surface area contributed by atoms with Crippen LogP contribution in [-0.4, -0.2) is 33.8 Å². The predicted octanol–water partition coefficient (Wildman–Crippen LogP) is 3.85. The maximum atomic E-state index is 13.7. The first-order chi connectivity index (χ1) is 11.0. The first kappa shape index (κ1) is 18.5. The molecule has 0 aromatic heterocycles. The van der Waals surface area contributed by atoms with Gasteiger partial charge in [0.1, 0.15) is 11.8 Å². The smallest absolute Gasteiger partial charge is 0.352 e. The number of amides is 1. The Hall–Kier alpha value is -1.81. The van der Waals surface area contributed by atoms with Crippen LogP contribution < -0.4 is 4.52 Å². The van der Waals surface area contributed by atoms with Crippen molar-refractivity contribution in [3.05, 3.63) is 29.8 Å². The van der Waals surface area contributed by atoms with Crippen molar-refractivity contribution in [2.24, 2.45) is 0 Å². The fourth-order valence-electron chi connectivity index (χ4n) is 2.44. The van der Waals surface area contributed by atoms with E-state index >= 15 is 0 Å². The summed E-state index contributed by atoms with van der Waals surface area (Å²) < 4.78 is 25.7. The van der Waals surface area contributed by atoms with E-state index in [1.807, 2.05) is 0 Å². The highest BCUT2D eigenvalue weighted by Gasteiger charge is 2.54. The van der Waals surface area contributed by atoms with E-state index in [9.17, 15) is 14.2 Å². The molecule has 1 aliphatic rings. The van der Waals surface area contributed by atoms with E-state index in [1.54, 1.807) is 58.9 Å². The summed E-state index contributed by atoms with van der Waals surface area (Å²) in [5.74, 6) is -0.810. The SMILES string of the molecule is CC(C)OC(=O)C(C)N1C(=O)c2ccccc2OP1(=O)C(C)(C)C. The fourth-order valence-corrected chi connectivity index (χ4v) is 4.77. The first-order valence-corrected chi connectivity index (χ1v) is 9.50. The molecule has 2 atom stereocenters. The zero-order valence-electron chi connectivity index (χ0n) is 14.9. The predicted molar refractivity (Wildman–Crippen MR) is 91.3 cm³/mol. The van der Waals surface area contributed by atoms with Gasteiger partial charge >= 0.3 is 13.5 Å². The maximum absolute atomic E-state index is 13.7. The zero-order chi connectivity index (χ0) is 18.3. The zero-order valence-corrected chi connectivity index (χ0v) is 15.8. The Morgan fingerprint density at radius 2 is 1.79 bits per heavy atom. The van der Waals surface area contributed by atoms with Gasteiger partial charge in [-0.25, -0.2) is 9.46 Å². The van der Waals surface area contributed by atoms with Crippen LogP contribution in [0.25, 0.3) is 0 Å². The van der Waals surface area contributed by atoms with E-state index in [1.165, 1.54) is 6.92 Å². The van der Waals surface area contributed by atoms with Crippen LogP contribution in [0.5, 0.6) is 5.75 Å². The molecule has 0 aliphatic carbocycles. The van der Waals surface area contributed by atoms with E-state index in [2.05, 4.69) is 0 Å². The molecule has 1 aliphatic heterocycles. The van der Waals surface area contributed by atoms with Crippen molar-refractivity contribution in [1.82, 2.24) is 4.67 Å². The molecule has 6 nitrogen and oxygen atoms in total. The number of nitrogens with zero attached hydrogens (tertiary/aromatic N) is 1. The number of carbonyl (C=O) groups is 2. The van der Waals surface area contributed by atoms with Crippen LogP contribution in [0.3, 0.4) is 0 Å². The quantitative estimate of drug-likeness (QED) is 0.609. The van der Waals surface area contributed by atoms with Gasteiger partial charge in [0.25, 0.3) is 5.91 Å². The van der Waals surface area contributed by atoms with Crippen molar-refractivity contribution in [2.45, 2.75) is 58.8 Å². The molecule has 1 aromatic carbocycles. The Morgan fingerprint density at radius 1 is 1.21 bits per heavy atom. The summed E-state index contributed by atoms with van der Waals surface area (Å²) in [5, 5.41) is -0.859. The summed E-state index contributed by atoms with van der Waals surface area (Å²) in [4.78, 5) is 25.3. The molecule has 2 rings (SSSR count). The van der Waals surface area contributed by atoms with Gasteiger partial charge in [-0.1, -0.05) is 12.1 Å². The second kappa shape index (κ2) is 6.25. The Morgan fingerprint density at radius 3 is 2.33 bits per heavy atom. The van der Waals surface area contributed by atoms with Crippen LogP contribution in [0, 0.1) is 0 Å². The number of para-hydroxylation sites is 1. The van der Waals surface area contributed by atoms with Gasteiger partial charge in [0.05, 0.1) is 16.8 Å². The van der Waals surface area contributed by atoms with E-state index in [0.717, 1.165) is 4.67 Å². The Kier molecular flexibility index (Phi) is 4.82. The number of carbonyl (C=O) groups excluding carboxylic acids is 2. The van der Waals surface area contributed by atoms with Crippen molar-refractivity contribution in [3.63, 3.8) is 0 Å². The lowest BCUT2D eigenvalue weighted by Crippen LogP contribution is -2.48.